The highest BCUT2D eigenvalue weighted by atomic mass is 31.2. The van der Waals surface area contributed by atoms with Crippen molar-refractivity contribution in [2.75, 3.05) is 19.0 Å². The van der Waals surface area contributed by atoms with Crippen molar-refractivity contribution >= 4 is 18.4 Å². The third kappa shape index (κ3) is 4.17. The smallest absolute Gasteiger partial charge is 0.266 e. The SMILES string of the molecule is CN(C)c1ccc([P@@](=O)(OC2CCCCC2)[C@H](O)c2ccccn2)cc1. The Labute approximate surface area is 155 Å². The molecular formula is C20H27N2O3P. The Morgan fingerprint density at radius 3 is 2.38 bits per heavy atom. The van der Waals surface area contributed by atoms with Crippen LogP contribution in [-0.2, 0) is 9.09 Å². The molecule has 0 amide bonds. The van der Waals surface area contributed by atoms with E-state index in [1.54, 1.807) is 36.5 Å². The molecule has 6 heteroatoms. The van der Waals surface area contributed by atoms with Crippen LogP contribution in [-0.4, -0.2) is 30.3 Å². The van der Waals surface area contributed by atoms with Crippen molar-refractivity contribution in [3.8, 4) is 0 Å². The summed E-state index contributed by atoms with van der Waals surface area (Å²) < 4.78 is 20.1. The molecular weight excluding hydrogens is 347 g/mol. The summed E-state index contributed by atoms with van der Waals surface area (Å²) in [5.41, 5.74) is 1.38. The highest BCUT2D eigenvalue weighted by Gasteiger charge is 2.39. The summed E-state index contributed by atoms with van der Waals surface area (Å²) in [4.78, 5) is 6.18. The van der Waals surface area contributed by atoms with Crippen molar-refractivity contribution in [2.24, 2.45) is 0 Å². The molecule has 2 atom stereocenters. The van der Waals surface area contributed by atoms with E-state index in [9.17, 15) is 9.67 Å². The Morgan fingerprint density at radius 1 is 1.12 bits per heavy atom. The molecule has 0 saturated heterocycles. The molecule has 0 radical (unpaired) electrons. The van der Waals surface area contributed by atoms with Gasteiger partial charge < -0.3 is 14.5 Å². The van der Waals surface area contributed by atoms with Crippen molar-refractivity contribution in [3.05, 3.63) is 54.4 Å². The van der Waals surface area contributed by atoms with Crippen molar-refractivity contribution in [1.82, 2.24) is 4.98 Å². The molecule has 1 heterocycles. The van der Waals surface area contributed by atoms with Gasteiger partial charge in [-0.05, 0) is 49.2 Å². The molecule has 0 aliphatic heterocycles. The van der Waals surface area contributed by atoms with Crippen LogP contribution in [0.15, 0.2) is 48.7 Å². The zero-order valence-corrected chi connectivity index (χ0v) is 16.3. The number of anilines is 1. The molecule has 1 aliphatic carbocycles. The van der Waals surface area contributed by atoms with Crippen LogP contribution in [0.5, 0.6) is 0 Å². The molecule has 1 aromatic heterocycles. The topological polar surface area (TPSA) is 62.7 Å². The minimum atomic E-state index is -3.53. The third-order valence-electron chi connectivity index (χ3n) is 4.86. The molecule has 3 rings (SSSR count). The van der Waals surface area contributed by atoms with Gasteiger partial charge in [0, 0.05) is 31.3 Å². The number of aliphatic hydroxyl groups excluding tert-OH is 1. The maximum Gasteiger partial charge on any atom is 0.266 e. The van der Waals surface area contributed by atoms with E-state index >= 15 is 0 Å². The summed E-state index contributed by atoms with van der Waals surface area (Å²) >= 11 is 0. The van der Waals surface area contributed by atoms with Crippen molar-refractivity contribution in [1.29, 1.82) is 0 Å². The number of aliphatic hydroxyl groups is 1. The molecule has 1 aromatic carbocycles. The van der Waals surface area contributed by atoms with E-state index in [1.807, 2.05) is 31.1 Å². The van der Waals surface area contributed by atoms with E-state index in [1.165, 1.54) is 6.42 Å². The van der Waals surface area contributed by atoms with Gasteiger partial charge in [0.05, 0.1) is 11.8 Å². The first-order valence-electron chi connectivity index (χ1n) is 9.16. The van der Waals surface area contributed by atoms with Crippen LogP contribution in [0.4, 0.5) is 5.69 Å². The van der Waals surface area contributed by atoms with Crippen molar-refractivity contribution in [2.45, 2.75) is 44.1 Å². The van der Waals surface area contributed by atoms with Gasteiger partial charge in [0.25, 0.3) is 7.37 Å². The van der Waals surface area contributed by atoms with Crippen molar-refractivity contribution < 1.29 is 14.2 Å². The summed E-state index contributed by atoms with van der Waals surface area (Å²) in [6.45, 7) is 0. The van der Waals surface area contributed by atoms with Crippen LogP contribution in [0.25, 0.3) is 0 Å². The van der Waals surface area contributed by atoms with Crippen LogP contribution in [0.1, 0.15) is 43.6 Å². The normalized spacial score (nSPS) is 18.9. The fourth-order valence-corrected chi connectivity index (χ4v) is 5.55. The zero-order valence-electron chi connectivity index (χ0n) is 15.4. The average molecular weight is 374 g/mol. The summed E-state index contributed by atoms with van der Waals surface area (Å²) in [7, 11) is 0.380. The van der Waals surface area contributed by atoms with E-state index in [2.05, 4.69) is 4.98 Å². The summed E-state index contributed by atoms with van der Waals surface area (Å²) in [6, 6.07) is 12.6. The second-order valence-corrected chi connectivity index (χ2v) is 9.41. The van der Waals surface area contributed by atoms with E-state index in [-0.39, 0.29) is 6.10 Å². The first kappa shape index (κ1) is 19.1. The van der Waals surface area contributed by atoms with Gasteiger partial charge in [-0.1, -0.05) is 25.3 Å². The van der Waals surface area contributed by atoms with Gasteiger partial charge in [-0.15, -0.1) is 0 Å². The largest absolute Gasteiger partial charge is 0.378 e. The molecule has 1 N–H and O–H groups in total. The Hall–Kier alpha value is -1.68. The molecule has 0 bridgehead atoms. The molecule has 1 aliphatic rings. The summed E-state index contributed by atoms with van der Waals surface area (Å²) in [5, 5.41) is 11.5. The quantitative estimate of drug-likeness (QED) is 0.772. The number of rotatable bonds is 6. The lowest BCUT2D eigenvalue weighted by Gasteiger charge is -2.30. The first-order valence-corrected chi connectivity index (χ1v) is 10.8. The summed E-state index contributed by atoms with van der Waals surface area (Å²) in [5.74, 6) is -1.27. The Bertz CT molecular complexity index is 743. The molecule has 0 unspecified atom stereocenters. The monoisotopic (exact) mass is 374 g/mol. The summed E-state index contributed by atoms with van der Waals surface area (Å²) in [6.07, 6.45) is 6.61. The molecule has 0 spiro atoms. The van der Waals surface area contributed by atoms with Gasteiger partial charge in [-0.2, -0.15) is 0 Å². The van der Waals surface area contributed by atoms with Gasteiger partial charge in [0.15, 0.2) is 5.85 Å². The highest BCUT2D eigenvalue weighted by Crippen LogP contribution is 2.59. The minimum absolute atomic E-state index is 0.0820. The Kier molecular flexibility index (Phi) is 6.13. The minimum Gasteiger partial charge on any atom is -0.378 e. The first-order chi connectivity index (χ1) is 12.5. The van der Waals surface area contributed by atoms with Gasteiger partial charge >= 0.3 is 0 Å². The number of nitrogens with zero attached hydrogens (tertiary/aromatic N) is 2. The number of hydrogen-bond acceptors (Lipinski definition) is 5. The lowest BCUT2D eigenvalue weighted by Crippen LogP contribution is -2.23. The maximum absolute atomic E-state index is 13.9. The van der Waals surface area contributed by atoms with Gasteiger partial charge in [-0.3, -0.25) is 9.55 Å². The molecule has 1 saturated carbocycles. The standard InChI is InChI=1S/C20H27N2O3P/c1-22(2)16-11-13-18(14-12-16)26(24,25-17-8-4-3-5-9-17)20(23)19-10-6-7-15-21-19/h6-7,10-15,17,20,23H,3-5,8-9H2,1-2H3/t20-,26+/m0/s1. The predicted molar refractivity (Wildman–Crippen MR) is 105 cm³/mol. The van der Waals surface area contributed by atoms with Crippen LogP contribution in [0, 0.1) is 0 Å². The molecule has 1 fully saturated rings. The molecule has 2 aromatic rings. The Morgan fingerprint density at radius 2 is 1.81 bits per heavy atom. The second kappa shape index (κ2) is 8.34. The number of benzene rings is 1. The van der Waals surface area contributed by atoms with Gasteiger partial charge in [-0.25, -0.2) is 0 Å². The van der Waals surface area contributed by atoms with Gasteiger partial charge in [0.1, 0.15) is 0 Å². The van der Waals surface area contributed by atoms with Crippen molar-refractivity contribution in [3.63, 3.8) is 0 Å². The average Bonchev–Trinajstić information content (AvgIpc) is 2.69. The predicted octanol–water partition coefficient (Wildman–Crippen LogP) is 4.09. The van der Waals surface area contributed by atoms with Crippen LogP contribution in [0.3, 0.4) is 0 Å². The van der Waals surface area contributed by atoms with Gasteiger partial charge in [0.2, 0.25) is 0 Å². The molecule has 5 nitrogen and oxygen atoms in total. The third-order valence-corrected chi connectivity index (χ3v) is 7.40. The molecule has 26 heavy (non-hydrogen) atoms. The molecule has 140 valence electrons. The lowest BCUT2D eigenvalue weighted by molar-refractivity contribution is 0.136. The fraction of sp³-hybridized carbons (Fsp3) is 0.450. The number of aromatic nitrogens is 1. The fourth-order valence-electron chi connectivity index (χ4n) is 3.31. The maximum atomic E-state index is 13.9. The van der Waals surface area contributed by atoms with Crippen LogP contribution < -0.4 is 10.2 Å². The van der Waals surface area contributed by atoms with Crippen LogP contribution >= 0.6 is 7.37 Å². The Balaban J connectivity index is 1.96. The van der Waals surface area contributed by atoms with E-state index in [4.69, 9.17) is 4.52 Å². The second-order valence-electron chi connectivity index (χ2n) is 7.00. The zero-order chi connectivity index (χ0) is 18.6. The van der Waals surface area contributed by atoms with E-state index in [0.29, 0.717) is 11.0 Å². The highest BCUT2D eigenvalue weighted by molar-refractivity contribution is 7.67. The van der Waals surface area contributed by atoms with Crippen LogP contribution in [0.2, 0.25) is 0 Å². The number of hydrogen-bond donors (Lipinski definition) is 1. The number of pyridine rings is 1. The van der Waals surface area contributed by atoms with E-state index < -0.39 is 13.2 Å². The lowest BCUT2D eigenvalue weighted by atomic mass is 9.98. The van der Waals surface area contributed by atoms with E-state index in [0.717, 1.165) is 31.4 Å².